The second-order valence-corrected chi connectivity index (χ2v) is 5.97. The Balaban J connectivity index is 1.57. The lowest BCUT2D eigenvalue weighted by atomic mass is 10.2. The maximum Gasteiger partial charge on any atom is 0.338 e. The van der Waals surface area contributed by atoms with Crippen LogP contribution in [0.3, 0.4) is 0 Å². The number of fused-ring (bicyclic) bond motifs is 1. The van der Waals surface area contributed by atoms with E-state index < -0.39 is 23.9 Å². The molecule has 0 unspecified atom stereocenters. The van der Waals surface area contributed by atoms with Crippen molar-refractivity contribution in [2.45, 2.75) is 26.5 Å². The molecule has 3 aromatic rings. The average Bonchev–Trinajstić information content (AvgIpc) is 3.14. The first-order chi connectivity index (χ1) is 13.5. The third-order valence-electron chi connectivity index (χ3n) is 4.04. The molecule has 28 heavy (non-hydrogen) atoms. The summed E-state index contributed by atoms with van der Waals surface area (Å²) in [5.74, 6) is -1.81. The number of benzene rings is 2. The molecule has 1 atom stereocenters. The molecular formula is C19H19N5O4. The molecular weight excluding hydrogens is 362 g/mol. The number of hydrogen-bond acceptors (Lipinski definition) is 6. The highest BCUT2D eigenvalue weighted by Crippen LogP contribution is 2.14. The number of nitrogens with zero attached hydrogens (tertiary/aromatic N) is 3. The standard InChI is InChI=1S/C19H19N5O4/c1-3-24-16-10-9-14(11-15(16)20-23-24)19(27)28-12(2)17(25)21-22-18(26)13-7-5-4-6-8-13/h4-12H,3H2,1-2H3,(H,21,25)(H,22,26)/t12-/m0/s1. The van der Waals surface area contributed by atoms with Gasteiger partial charge in [-0.15, -0.1) is 5.10 Å². The number of hydrazine groups is 1. The zero-order valence-corrected chi connectivity index (χ0v) is 15.4. The Morgan fingerprint density at radius 3 is 2.54 bits per heavy atom. The fourth-order valence-corrected chi connectivity index (χ4v) is 2.50. The number of esters is 1. The number of carbonyl (C=O) groups excluding carboxylic acids is 3. The molecule has 144 valence electrons. The molecule has 0 aliphatic carbocycles. The first-order valence-corrected chi connectivity index (χ1v) is 8.69. The second kappa shape index (κ2) is 8.30. The van der Waals surface area contributed by atoms with E-state index in [-0.39, 0.29) is 5.56 Å². The van der Waals surface area contributed by atoms with Crippen molar-refractivity contribution in [1.82, 2.24) is 25.8 Å². The molecule has 0 bridgehead atoms. The Labute approximate surface area is 160 Å². The molecule has 0 radical (unpaired) electrons. The van der Waals surface area contributed by atoms with Gasteiger partial charge in [0.15, 0.2) is 6.10 Å². The van der Waals surface area contributed by atoms with E-state index in [9.17, 15) is 14.4 Å². The predicted molar refractivity (Wildman–Crippen MR) is 100 cm³/mol. The molecule has 0 saturated heterocycles. The highest BCUT2D eigenvalue weighted by molar-refractivity contribution is 5.97. The number of nitrogens with one attached hydrogen (secondary N) is 2. The summed E-state index contributed by atoms with van der Waals surface area (Å²) >= 11 is 0. The highest BCUT2D eigenvalue weighted by atomic mass is 16.5. The topological polar surface area (TPSA) is 115 Å². The van der Waals surface area contributed by atoms with Crippen molar-refractivity contribution in [2.75, 3.05) is 0 Å². The van der Waals surface area contributed by atoms with Gasteiger partial charge >= 0.3 is 5.97 Å². The highest BCUT2D eigenvalue weighted by Gasteiger charge is 2.20. The summed E-state index contributed by atoms with van der Waals surface area (Å²) in [7, 11) is 0. The molecule has 1 heterocycles. The van der Waals surface area contributed by atoms with E-state index in [0.29, 0.717) is 17.6 Å². The first kappa shape index (κ1) is 19.0. The third-order valence-corrected chi connectivity index (χ3v) is 4.04. The third kappa shape index (κ3) is 4.14. The minimum absolute atomic E-state index is 0.253. The number of rotatable bonds is 5. The lowest BCUT2D eigenvalue weighted by Crippen LogP contribution is -2.46. The summed E-state index contributed by atoms with van der Waals surface area (Å²) in [6, 6.07) is 13.3. The number of aryl methyl sites for hydroxylation is 1. The Hall–Kier alpha value is -3.75. The molecule has 2 aromatic carbocycles. The van der Waals surface area contributed by atoms with Crippen molar-refractivity contribution < 1.29 is 19.1 Å². The summed E-state index contributed by atoms with van der Waals surface area (Å²) < 4.78 is 6.87. The van der Waals surface area contributed by atoms with Crippen molar-refractivity contribution in [3.63, 3.8) is 0 Å². The van der Waals surface area contributed by atoms with Crippen LogP contribution in [0, 0.1) is 0 Å². The van der Waals surface area contributed by atoms with E-state index >= 15 is 0 Å². The van der Waals surface area contributed by atoms with E-state index in [1.54, 1.807) is 53.2 Å². The van der Waals surface area contributed by atoms with Gasteiger partial charge in [0.25, 0.3) is 11.8 Å². The number of ether oxygens (including phenoxy) is 1. The van der Waals surface area contributed by atoms with Crippen LogP contribution in [-0.4, -0.2) is 38.9 Å². The predicted octanol–water partition coefficient (Wildman–Crippen LogP) is 1.46. The van der Waals surface area contributed by atoms with E-state index in [0.717, 1.165) is 5.52 Å². The van der Waals surface area contributed by atoms with E-state index in [1.807, 2.05) is 6.92 Å². The minimum Gasteiger partial charge on any atom is -0.449 e. The molecule has 0 aliphatic heterocycles. The van der Waals surface area contributed by atoms with Crippen LogP contribution in [-0.2, 0) is 16.1 Å². The second-order valence-electron chi connectivity index (χ2n) is 5.97. The van der Waals surface area contributed by atoms with Crippen LogP contribution in [0.4, 0.5) is 0 Å². The summed E-state index contributed by atoms with van der Waals surface area (Å²) in [6.07, 6.45) is -1.11. The van der Waals surface area contributed by atoms with Crippen molar-refractivity contribution in [1.29, 1.82) is 0 Å². The van der Waals surface area contributed by atoms with Crippen molar-refractivity contribution >= 4 is 28.8 Å². The van der Waals surface area contributed by atoms with Crippen LogP contribution in [0.15, 0.2) is 48.5 Å². The van der Waals surface area contributed by atoms with Crippen molar-refractivity contribution in [2.24, 2.45) is 0 Å². The van der Waals surface area contributed by atoms with Crippen molar-refractivity contribution in [3.8, 4) is 0 Å². The fourth-order valence-electron chi connectivity index (χ4n) is 2.50. The molecule has 3 rings (SSSR count). The Morgan fingerprint density at radius 1 is 1.07 bits per heavy atom. The molecule has 2 N–H and O–H groups in total. The van der Waals surface area contributed by atoms with E-state index in [4.69, 9.17) is 4.74 Å². The maximum atomic E-state index is 12.3. The maximum absolute atomic E-state index is 12.3. The van der Waals surface area contributed by atoms with Gasteiger partial charge in [0, 0.05) is 12.1 Å². The van der Waals surface area contributed by atoms with Crippen LogP contribution in [0.25, 0.3) is 11.0 Å². The van der Waals surface area contributed by atoms with Crippen LogP contribution >= 0.6 is 0 Å². The Kier molecular flexibility index (Phi) is 5.64. The number of amides is 2. The van der Waals surface area contributed by atoms with Gasteiger partial charge in [-0.05, 0) is 44.2 Å². The molecule has 2 amide bonds. The smallest absolute Gasteiger partial charge is 0.338 e. The number of carbonyl (C=O) groups is 3. The molecule has 0 fully saturated rings. The van der Waals surface area contributed by atoms with Crippen molar-refractivity contribution in [3.05, 3.63) is 59.7 Å². The Morgan fingerprint density at radius 2 is 1.82 bits per heavy atom. The quantitative estimate of drug-likeness (QED) is 0.511. The summed E-state index contributed by atoms with van der Waals surface area (Å²) in [5.41, 5.74) is 6.51. The zero-order chi connectivity index (χ0) is 20.1. The molecule has 9 heteroatoms. The summed E-state index contributed by atoms with van der Waals surface area (Å²) in [4.78, 5) is 36.3. The van der Waals surface area contributed by atoms with Gasteiger partial charge in [-0.1, -0.05) is 23.4 Å². The fraction of sp³-hybridized carbons (Fsp3) is 0.211. The molecule has 1 aromatic heterocycles. The van der Waals surface area contributed by atoms with Gasteiger partial charge in [0.2, 0.25) is 0 Å². The number of aromatic nitrogens is 3. The SMILES string of the molecule is CCn1nnc2cc(C(=O)O[C@@H](C)C(=O)NNC(=O)c3ccccc3)ccc21. The minimum atomic E-state index is -1.11. The monoisotopic (exact) mass is 381 g/mol. The molecule has 0 spiro atoms. The van der Waals surface area contributed by atoms with Gasteiger partial charge in [0.1, 0.15) is 5.52 Å². The molecule has 9 nitrogen and oxygen atoms in total. The summed E-state index contributed by atoms with van der Waals surface area (Å²) in [6.45, 7) is 4.01. The van der Waals surface area contributed by atoms with E-state index in [2.05, 4.69) is 21.2 Å². The van der Waals surface area contributed by atoms with Gasteiger partial charge in [0.05, 0.1) is 11.1 Å². The zero-order valence-electron chi connectivity index (χ0n) is 15.4. The average molecular weight is 381 g/mol. The lowest BCUT2D eigenvalue weighted by Gasteiger charge is -2.14. The molecule has 0 saturated carbocycles. The van der Waals surface area contributed by atoms with Crippen LogP contribution in [0.2, 0.25) is 0 Å². The van der Waals surface area contributed by atoms with E-state index in [1.165, 1.54) is 6.92 Å². The lowest BCUT2D eigenvalue weighted by molar-refractivity contribution is -0.129. The number of hydrogen-bond donors (Lipinski definition) is 2. The van der Waals surface area contributed by atoms with Gasteiger partial charge in [-0.25, -0.2) is 9.48 Å². The largest absolute Gasteiger partial charge is 0.449 e. The molecule has 0 aliphatic rings. The normalized spacial score (nSPS) is 11.6. The Bertz CT molecular complexity index is 1020. The first-order valence-electron chi connectivity index (χ1n) is 8.69. The van der Waals surface area contributed by atoms with Gasteiger partial charge in [-0.2, -0.15) is 0 Å². The van der Waals surface area contributed by atoms with Gasteiger partial charge in [-0.3, -0.25) is 20.4 Å². The van der Waals surface area contributed by atoms with Crippen LogP contribution < -0.4 is 10.9 Å². The van der Waals surface area contributed by atoms with Crippen LogP contribution in [0.1, 0.15) is 34.6 Å². The van der Waals surface area contributed by atoms with Gasteiger partial charge < -0.3 is 4.74 Å². The summed E-state index contributed by atoms with van der Waals surface area (Å²) in [5, 5.41) is 7.98. The van der Waals surface area contributed by atoms with Crippen LogP contribution in [0.5, 0.6) is 0 Å².